The molecule has 0 bridgehead atoms. The molecule has 2 atom stereocenters. The van der Waals surface area contributed by atoms with Crippen molar-refractivity contribution in [2.24, 2.45) is 0 Å². The van der Waals surface area contributed by atoms with Gasteiger partial charge in [-0.15, -0.1) is 0 Å². The number of hydrogen-bond acceptors (Lipinski definition) is 4. The maximum absolute atomic E-state index is 14.5. The molecule has 10 heteroatoms. The van der Waals surface area contributed by atoms with Crippen LogP contribution < -0.4 is 5.32 Å². The van der Waals surface area contributed by atoms with Crippen molar-refractivity contribution in [1.29, 1.82) is 0 Å². The summed E-state index contributed by atoms with van der Waals surface area (Å²) in [5, 5.41) is 5.81. The first kappa shape index (κ1) is 25.3. The Morgan fingerprint density at radius 1 is 1.00 bits per heavy atom. The lowest BCUT2D eigenvalue weighted by atomic mass is 10.00. The van der Waals surface area contributed by atoms with Crippen LogP contribution in [0.5, 0.6) is 0 Å². The van der Waals surface area contributed by atoms with E-state index >= 15 is 0 Å². The molecule has 1 N–H and O–H groups in total. The van der Waals surface area contributed by atoms with Gasteiger partial charge >= 0.3 is 6.03 Å². The second kappa shape index (κ2) is 10.6. The second-order valence-electron chi connectivity index (χ2n) is 9.31. The number of hydrogen-bond donors (Lipinski definition) is 1. The Hall–Kier alpha value is -4.31. The number of halogens is 2. The number of urea groups is 1. The van der Waals surface area contributed by atoms with E-state index in [2.05, 4.69) is 5.32 Å². The smallest absolute Gasteiger partial charge is 0.332 e. The normalized spacial score (nSPS) is 19.4. The van der Waals surface area contributed by atoms with Gasteiger partial charge in [-0.05, 0) is 17.2 Å². The van der Waals surface area contributed by atoms with Crippen LogP contribution in [0, 0.1) is 11.6 Å². The third kappa shape index (κ3) is 4.95. The van der Waals surface area contributed by atoms with Gasteiger partial charge in [0.25, 0.3) is 5.91 Å². The van der Waals surface area contributed by atoms with Gasteiger partial charge in [0.1, 0.15) is 23.8 Å². The molecule has 4 amide bonds. The molecule has 0 radical (unpaired) electrons. The van der Waals surface area contributed by atoms with E-state index in [-0.39, 0.29) is 37.0 Å². The molecule has 8 nitrogen and oxygen atoms in total. The molecule has 0 unspecified atom stereocenters. The topological polar surface area (TPSA) is 76.2 Å². The van der Waals surface area contributed by atoms with Gasteiger partial charge in [-0.1, -0.05) is 66.7 Å². The van der Waals surface area contributed by atoms with Crippen molar-refractivity contribution in [2.75, 3.05) is 20.1 Å². The summed E-state index contributed by atoms with van der Waals surface area (Å²) in [5.74, 6) is -2.14. The molecule has 3 aromatic carbocycles. The lowest BCUT2D eigenvalue weighted by molar-refractivity contribution is -0.157. The Kier molecular flexibility index (Phi) is 7.06. The molecular formula is C28H27F2N5O3. The first-order valence-electron chi connectivity index (χ1n) is 12.2. The molecule has 0 saturated carbocycles. The van der Waals surface area contributed by atoms with Gasteiger partial charge < -0.3 is 15.1 Å². The molecule has 2 heterocycles. The number of fused-ring (bicyclic) bond motifs is 1. The Balaban J connectivity index is 1.42. The highest BCUT2D eigenvalue weighted by Crippen LogP contribution is 2.36. The Morgan fingerprint density at radius 2 is 1.68 bits per heavy atom. The summed E-state index contributed by atoms with van der Waals surface area (Å²) in [7, 11) is 1.56. The Labute approximate surface area is 219 Å². The van der Waals surface area contributed by atoms with Crippen LogP contribution in [0.4, 0.5) is 13.6 Å². The fraction of sp³-hybridized carbons (Fsp3) is 0.250. The lowest BCUT2D eigenvalue weighted by Crippen LogP contribution is -2.62. The molecule has 0 aromatic heterocycles. The van der Waals surface area contributed by atoms with Gasteiger partial charge in [-0.3, -0.25) is 14.6 Å². The molecule has 38 heavy (non-hydrogen) atoms. The van der Waals surface area contributed by atoms with Crippen LogP contribution in [-0.2, 0) is 22.7 Å². The van der Waals surface area contributed by atoms with E-state index in [1.807, 2.05) is 36.4 Å². The molecule has 196 valence electrons. The molecule has 2 aliphatic heterocycles. The maximum Gasteiger partial charge on any atom is 0.332 e. The number of carbonyl (C=O) groups is 3. The summed E-state index contributed by atoms with van der Waals surface area (Å²) >= 11 is 0. The maximum atomic E-state index is 14.5. The van der Waals surface area contributed by atoms with Crippen LogP contribution in [-0.4, -0.2) is 64.0 Å². The number of nitrogens with zero attached hydrogens (tertiary/aromatic N) is 4. The number of amides is 4. The van der Waals surface area contributed by atoms with Crippen molar-refractivity contribution in [2.45, 2.75) is 25.3 Å². The minimum absolute atomic E-state index is 0.0427. The predicted octanol–water partition coefficient (Wildman–Crippen LogP) is 3.28. The molecule has 2 fully saturated rings. The number of benzene rings is 3. The van der Waals surface area contributed by atoms with Crippen molar-refractivity contribution in [3.63, 3.8) is 0 Å². The first-order valence-corrected chi connectivity index (χ1v) is 12.2. The van der Waals surface area contributed by atoms with Crippen LogP contribution in [0.25, 0.3) is 0 Å². The minimum atomic E-state index is -0.947. The van der Waals surface area contributed by atoms with Gasteiger partial charge in [-0.25, -0.2) is 13.6 Å². The molecule has 2 saturated heterocycles. The monoisotopic (exact) mass is 519 g/mol. The van der Waals surface area contributed by atoms with Crippen molar-refractivity contribution in [3.8, 4) is 0 Å². The lowest BCUT2D eigenvalue weighted by Gasteiger charge is -2.45. The van der Waals surface area contributed by atoms with E-state index < -0.39 is 29.9 Å². The van der Waals surface area contributed by atoms with Gasteiger partial charge in [-0.2, -0.15) is 5.01 Å². The van der Waals surface area contributed by atoms with Crippen LogP contribution in [0.3, 0.4) is 0 Å². The number of piperazine rings is 1. The predicted molar refractivity (Wildman–Crippen MR) is 135 cm³/mol. The van der Waals surface area contributed by atoms with Crippen LogP contribution in [0.2, 0.25) is 0 Å². The largest absolute Gasteiger partial charge is 0.333 e. The van der Waals surface area contributed by atoms with Crippen LogP contribution in [0.15, 0.2) is 78.9 Å². The zero-order chi connectivity index (χ0) is 26.8. The number of hydrazine groups is 1. The fourth-order valence-corrected chi connectivity index (χ4v) is 4.96. The number of nitrogens with one attached hydrogen (secondary N) is 1. The highest BCUT2D eigenvalue weighted by molar-refractivity contribution is 5.92. The fourth-order valence-electron chi connectivity index (χ4n) is 4.96. The summed E-state index contributed by atoms with van der Waals surface area (Å²) in [6.45, 7) is 0.141. The quantitative estimate of drug-likeness (QED) is 0.543. The molecule has 3 aromatic rings. The summed E-state index contributed by atoms with van der Waals surface area (Å²) in [5.41, 5.74) is 1.69. The van der Waals surface area contributed by atoms with Gasteiger partial charge in [0.05, 0.1) is 13.1 Å². The highest BCUT2D eigenvalue weighted by Gasteiger charge is 2.52. The minimum Gasteiger partial charge on any atom is -0.333 e. The second-order valence-corrected chi connectivity index (χ2v) is 9.31. The number of rotatable bonds is 6. The van der Waals surface area contributed by atoms with Crippen LogP contribution >= 0.6 is 0 Å². The molecule has 0 spiro atoms. The third-order valence-electron chi connectivity index (χ3n) is 6.92. The van der Waals surface area contributed by atoms with Crippen molar-refractivity contribution in [3.05, 3.63) is 107 Å². The zero-order valence-corrected chi connectivity index (χ0v) is 20.8. The third-order valence-corrected chi connectivity index (χ3v) is 6.92. The number of carbonyl (C=O) groups excluding carboxylic acids is 3. The molecule has 0 aliphatic carbocycles. The summed E-state index contributed by atoms with van der Waals surface area (Å²) in [6.07, 6.45) is -0.665. The summed E-state index contributed by atoms with van der Waals surface area (Å²) in [6, 6.07) is 20.2. The van der Waals surface area contributed by atoms with E-state index in [9.17, 15) is 23.2 Å². The average Bonchev–Trinajstić information content (AvgIpc) is 3.25. The Bertz CT molecular complexity index is 1340. The Morgan fingerprint density at radius 3 is 2.37 bits per heavy atom. The molecular weight excluding hydrogens is 492 g/mol. The van der Waals surface area contributed by atoms with Gasteiger partial charge in [0.2, 0.25) is 5.91 Å². The first-order chi connectivity index (χ1) is 18.3. The molecule has 5 rings (SSSR count). The highest BCUT2D eigenvalue weighted by atomic mass is 19.1. The van der Waals surface area contributed by atoms with E-state index in [1.165, 1.54) is 20.9 Å². The SMILES string of the molecule is CN(C(=O)NCc1ccccc1)N1CC(=O)N2[C@@H](c3ccccc3)C(=O)N(Cc3ccc(F)cc3F)C[C@@H]21. The van der Waals surface area contributed by atoms with E-state index in [1.54, 1.807) is 36.3 Å². The molecule has 2 aliphatic rings. The van der Waals surface area contributed by atoms with Crippen molar-refractivity contribution < 1.29 is 23.2 Å². The van der Waals surface area contributed by atoms with Gasteiger partial charge in [0, 0.05) is 31.8 Å². The van der Waals surface area contributed by atoms with Gasteiger partial charge in [0.15, 0.2) is 0 Å². The summed E-state index contributed by atoms with van der Waals surface area (Å²) < 4.78 is 28.0. The average molecular weight is 520 g/mol. The van der Waals surface area contributed by atoms with E-state index in [4.69, 9.17) is 0 Å². The van der Waals surface area contributed by atoms with E-state index in [0.29, 0.717) is 12.1 Å². The van der Waals surface area contributed by atoms with Crippen molar-refractivity contribution in [1.82, 2.24) is 25.1 Å². The standard InChI is InChI=1S/C28H27F2N5O3/c1-32(28(38)31-15-19-8-4-2-5-9-19)34-18-25(36)35-24(34)17-33(16-21-12-13-22(29)14-23(21)30)27(37)26(35)20-10-6-3-7-11-20/h2-14,24,26H,15-18H2,1H3,(H,31,38)/t24-,26+/m1/s1. The van der Waals surface area contributed by atoms with Crippen molar-refractivity contribution >= 4 is 17.8 Å². The zero-order valence-electron chi connectivity index (χ0n) is 20.8. The van der Waals surface area contributed by atoms with E-state index in [0.717, 1.165) is 17.7 Å². The summed E-state index contributed by atoms with van der Waals surface area (Å²) in [4.78, 5) is 42.9. The van der Waals surface area contributed by atoms with Crippen LogP contribution in [0.1, 0.15) is 22.7 Å².